The molecule has 1 unspecified atom stereocenters. The molecule has 0 radical (unpaired) electrons. The third-order valence-corrected chi connectivity index (χ3v) is 6.78. The van der Waals surface area contributed by atoms with E-state index in [2.05, 4.69) is 79.2 Å². The number of nitrogens with one attached hydrogen (secondary N) is 1. The maximum Gasteiger partial charge on any atom is 0.0486 e. The van der Waals surface area contributed by atoms with Crippen LogP contribution in [0.1, 0.15) is 43.7 Å². The van der Waals surface area contributed by atoms with Gasteiger partial charge in [0.15, 0.2) is 0 Å². The number of rotatable bonds is 7. The van der Waals surface area contributed by atoms with Crippen LogP contribution in [0.2, 0.25) is 0 Å². The molecule has 2 saturated heterocycles. The molecule has 2 aliphatic rings. The molecule has 35 heavy (non-hydrogen) atoms. The first-order chi connectivity index (χ1) is 16.9. The second-order valence-corrected chi connectivity index (χ2v) is 9.49. The summed E-state index contributed by atoms with van der Waals surface area (Å²) in [5.41, 5.74) is 10.2. The van der Waals surface area contributed by atoms with Crippen molar-refractivity contribution in [3.8, 4) is 0 Å². The van der Waals surface area contributed by atoms with Crippen LogP contribution in [0.25, 0.3) is 0 Å². The molecule has 2 heterocycles. The van der Waals surface area contributed by atoms with Gasteiger partial charge in [0.1, 0.15) is 0 Å². The standard InChI is InChI=1S/C14H20N2.C10H17N.C7H9N/c1-12(14-9-6-10-16(14)2)15-11-13-7-4-3-5-8-13;1-4-10-5-7-11(8-6-10)9(2)3;8-6-7-4-2-1-3-5-7/h3-5,7-8,14-15H,1,6,9-11H2,2H3;4,10H,1-2,5-8H2,3H3;1-5H,6,8H2. The van der Waals surface area contributed by atoms with Crippen molar-refractivity contribution in [3.05, 3.63) is 109 Å². The molecule has 2 aromatic rings. The van der Waals surface area contributed by atoms with E-state index in [0.29, 0.717) is 12.6 Å². The van der Waals surface area contributed by atoms with Gasteiger partial charge < -0.3 is 16.0 Å². The number of benzene rings is 2. The lowest BCUT2D eigenvalue weighted by atomic mass is 9.97. The van der Waals surface area contributed by atoms with Crippen molar-refractivity contribution in [3.63, 3.8) is 0 Å². The molecule has 0 bridgehead atoms. The van der Waals surface area contributed by atoms with E-state index in [9.17, 15) is 0 Å². The van der Waals surface area contributed by atoms with E-state index in [-0.39, 0.29) is 0 Å². The van der Waals surface area contributed by atoms with Gasteiger partial charge in [0.2, 0.25) is 0 Å². The van der Waals surface area contributed by atoms with Crippen LogP contribution in [-0.2, 0) is 13.1 Å². The molecule has 0 aromatic heterocycles. The van der Waals surface area contributed by atoms with E-state index in [0.717, 1.165) is 31.2 Å². The molecular weight excluding hydrogens is 428 g/mol. The molecule has 1 atom stereocenters. The van der Waals surface area contributed by atoms with Crippen molar-refractivity contribution < 1.29 is 0 Å². The molecule has 2 aromatic carbocycles. The fourth-order valence-electron chi connectivity index (χ4n) is 4.41. The normalized spacial score (nSPS) is 17.9. The van der Waals surface area contributed by atoms with Gasteiger partial charge in [0, 0.05) is 43.6 Å². The minimum atomic E-state index is 0.517. The minimum Gasteiger partial charge on any atom is -0.383 e. The fraction of sp³-hybridized carbons (Fsp3) is 0.419. The van der Waals surface area contributed by atoms with Crippen molar-refractivity contribution in [2.24, 2.45) is 11.7 Å². The molecular formula is C31H46N4. The Morgan fingerprint density at radius 3 is 1.94 bits per heavy atom. The summed E-state index contributed by atoms with van der Waals surface area (Å²) in [7, 11) is 2.17. The third kappa shape index (κ3) is 10.5. The lowest BCUT2D eigenvalue weighted by Crippen LogP contribution is -2.32. The predicted molar refractivity (Wildman–Crippen MR) is 152 cm³/mol. The van der Waals surface area contributed by atoms with Crippen LogP contribution in [0.5, 0.6) is 0 Å². The van der Waals surface area contributed by atoms with Gasteiger partial charge in [-0.1, -0.05) is 79.9 Å². The van der Waals surface area contributed by atoms with Crippen LogP contribution in [-0.4, -0.2) is 42.5 Å². The van der Waals surface area contributed by atoms with Gasteiger partial charge in [-0.25, -0.2) is 0 Å². The number of nitrogens with zero attached hydrogens (tertiary/aromatic N) is 2. The number of piperidine rings is 1. The Bertz CT molecular complexity index is 869. The summed E-state index contributed by atoms with van der Waals surface area (Å²) in [5.74, 6) is 0.741. The zero-order chi connectivity index (χ0) is 25.5. The fourth-order valence-corrected chi connectivity index (χ4v) is 4.41. The minimum absolute atomic E-state index is 0.517. The number of hydrogen-bond donors (Lipinski definition) is 2. The van der Waals surface area contributed by atoms with Crippen molar-refractivity contribution in [2.45, 2.75) is 51.7 Å². The summed E-state index contributed by atoms with van der Waals surface area (Å²) in [6.45, 7) is 19.0. The molecule has 4 nitrogen and oxygen atoms in total. The van der Waals surface area contributed by atoms with Gasteiger partial charge in [0.05, 0.1) is 0 Å². The Balaban J connectivity index is 0.000000198. The molecule has 4 rings (SSSR count). The van der Waals surface area contributed by atoms with Gasteiger partial charge in [-0.3, -0.25) is 4.90 Å². The molecule has 0 aliphatic carbocycles. The Morgan fingerprint density at radius 1 is 0.943 bits per heavy atom. The van der Waals surface area contributed by atoms with Gasteiger partial charge >= 0.3 is 0 Å². The van der Waals surface area contributed by atoms with Crippen LogP contribution in [0, 0.1) is 5.92 Å². The Hall–Kier alpha value is -2.82. The van der Waals surface area contributed by atoms with Gasteiger partial charge in [0.25, 0.3) is 0 Å². The van der Waals surface area contributed by atoms with E-state index >= 15 is 0 Å². The average molecular weight is 475 g/mol. The van der Waals surface area contributed by atoms with Crippen LogP contribution in [0.4, 0.5) is 0 Å². The van der Waals surface area contributed by atoms with Crippen LogP contribution >= 0.6 is 0 Å². The Kier molecular flexibility index (Phi) is 13.0. The lowest BCUT2D eigenvalue weighted by molar-refractivity contribution is 0.253. The van der Waals surface area contributed by atoms with Gasteiger partial charge in [-0.15, -0.1) is 6.58 Å². The first-order valence-corrected chi connectivity index (χ1v) is 12.9. The third-order valence-electron chi connectivity index (χ3n) is 6.78. The zero-order valence-electron chi connectivity index (χ0n) is 22.0. The van der Waals surface area contributed by atoms with Crippen molar-refractivity contribution in [1.29, 1.82) is 0 Å². The summed E-state index contributed by atoms with van der Waals surface area (Å²) < 4.78 is 0. The Labute approximate surface area is 214 Å². The van der Waals surface area contributed by atoms with Crippen LogP contribution < -0.4 is 11.1 Å². The average Bonchev–Trinajstić information content (AvgIpc) is 3.35. The number of allylic oxidation sites excluding steroid dienone is 2. The number of nitrogens with two attached hydrogens (primary N) is 1. The summed E-state index contributed by atoms with van der Waals surface area (Å²) in [4.78, 5) is 4.72. The lowest BCUT2D eigenvalue weighted by Gasteiger charge is -2.32. The summed E-state index contributed by atoms with van der Waals surface area (Å²) in [6, 6.07) is 21.0. The number of likely N-dealkylation sites (N-methyl/N-ethyl adjacent to an activating group) is 1. The molecule has 2 fully saturated rings. The molecule has 190 valence electrons. The van der Waals surface area contributed by atoms with E-state index in [1.807, 2.05) is 36.4 Å². The number of hydrogen-bond acceptors (Lipinski definition) is 4. The molecule has 0 amide bonds. The molecule has 4 heteroatoms. The maximum atomic E-state index is 5.35. The number of likely N-dealkylation sites (tertiary alicyclic amines) is 2. The topological polar surface area (TPSA) is 44.5 Å². The van der Waals surface area contributed by atoms with Crippen LogP contribution in [0.3, 0.4) is 0 Å². The van der Waals surface area contributed by atoms with Crippen LogP contribution in [0.15, 0.2) is 97.9 Å². The highest BCUT2D eigenvalue weighted by molar-refractivity contribution is 5.16. The highest BCUT2D eigenvalue weighted by Gasteiger charge is 2.23. The summed E-state index contributed by atoms with van der Waals surface area (Å²) >= 11 is 0. The van der Waals surface area contributed by atoms with E-state index in [1.54, 1.807) is 0 Å². The quantitative estimate of drug-likeness (QED) is 0.487. The predicted octanol–water partition coefficient (Wildman–Crippen LogP) is 5.95. The first-order valence-electron chi connectivity index (χ1n) is 12.9. The molecule has 2 aliphatic heterocycles. The first kappa shape index (κ1) is 28.4. The van der Waals surface area contributed by atoms with E-state index in [4.69, 9.17) is 5.73 Å². The Morgan fingerprint density at radius 2 is 1.51 bits per heavy atom. The van der Waals surface area contributed by atoms with Gasteiger partial charge in [-0.05, 0) is 63.2 Å². The summed E-state index contributed by atoms with van der Waals surface area (Å²) in [5, 5.41) is 3.44. The zero-order valence-corrected chi connectivity index (χ0v) is 22.0. The van der Waals surface area contributed by atoms with Crippen molar-refractivity contribution >= 4 is 0 Å². The van der Waals surface area contributed by atoms with E-state index in [1.165, 1.54) is 49.1 Å². The highest BCUT2D eigenvalue weighted by atomic mass is 15.2. The largest absolute Gasteiger partial charge is 0.383 e. The molecule has 0 spiro atoms. The maximum absolute atomic E-state index is 5.35. The van der Waals surface area contributed by atoms with E-state index < -0.39 is 0 Å². The smallest absolute Gasteiger partial charge is 0.0486 e. The molecule has 0 saturated carbocycles. The SMILES string of the molecule is C=C(NCc1ccccc1)C1CCCN1C.C=CC1CCN(C(=C)C)CC1.NCc1ccccc1. The van der Waals surface area contributed by atoms with Gasteiger partial charge in [-0.2, -0.15) is 0 Å². The van der Waals surface area contributed by atoms with Crippen molar-refractivity contribution in [2.75, 3.05) is 26.7 Å². The molecule has 3 N–H and O–H groups in total. The second-order valence-electron chi connectivity index (χ2n) is 9.49. The van der Waals surface area contributed by atoms with Crippen molar-refractivity contribution in [1.82, 2.24) is 15.1 Å². The monoisotopic (exact) mass is 474 g/mol. The second kappa shape index (κ2) is 16.0. The highest BCUT2D eigenvalue weighted by Crippen LogP contribution is 2.20. The summed E-state index contributed by atoms with van der Waals surface area (Å²) in [6.07, 6.45) is 7.09.